The van der Waals surface area contributed by atoms with E-state index < -0.39 is 12.0 Å². The maximum absolute atomic E-state index is 12.9. The number of piperidine rings is 1. The van der Waals surface area contributed by atoms with Crippen molar-refractivity contribution in [1.82, 2.24) is 10.2 Å². The van der Waals surface area contributed by atoms with Crippen molar-refractivity contribution in [1.29, 1.82) is 0 Å². The van der Waals surface area contributed by atoms with Crippen LogP contribution in [0.25, 0.3) is 0 Å². The molecule has 2 heterocycles. The number of carbonyl (C=O) groups excluding carboxylic acids is 2. The number of rotatable bonds is 4. The van der Waals surface area contributed by atoms with Crippen molar-refractivity contribution in [3.8, 4) is 5.75 Å². The number of benzene rings is 2. The second-order valence-electron chi connectivity index (χ2n) is 7.09. The molecule has 30 heavy (non-hydrogen) atoms. The number of nitrogens with one attached hydrogen (secondary N) is 1. The number of nitrogens with zero attached hydrogens (tertiary/aromatic N) is 3. The molecular formula is C21H18N4O5. The number of carboxylic acid groups (broad SMARTS) is 1. The molecule has 2 aromatic carbocycles. The number of hydrogen-bond donors (Lipinski definition) is 3. The Morgan fingerprint density at radius 3 is 2.73 bits per heavy atom. The van der Waals surface area contributed by atoms with Gasteiger partial charge in [0.25, 0.3) is 5.91 Å². The van der Waals surface area contributed by atoms with Crippen molar-refractivity contribution < 1.29 is 24.6 Å². The summed E-state index contributed by atoms with van der Waals surface area (Å²) in [6.45, 7) is 3.98. The highest BCUT2D eigenvalue weighted by atomic mass is 16.4. The first-order valence-corrected chi connectivity index (χ1v) is 9.24. The van der Waals surface area contributed by atoms with Crippen LogP contribution in [0.15, 0.2) is 58.9 Å². The standard InChI is InChI=1S/C21H18N4O5/c1-11-5-7-17(19(27)22-11)25-10-15-13(20(25)28)3-2-4-16(15)24-23-12-6-8-18(26)14(9-12)21(29)30/h2-4,6,8-9,17,26H,1,5,7,10H2,(H,22,27)(H,29,30)/b24-23+. The summed E-state index contributed by atoms with van der Waals surface area (Å²) in [5.41, 5.74) is 2.17. The van der Waals surface area contributed by atoms with Crippen molar-refractivity contribution in [3.63, 3.8) is 0 Å². The van der Waals surface area contributed by atoms with Crippen LogP contribution in [-0.2, 0) is 11.3 Å². The molecule has 2 aliphatic rings. The van der Waals surface area contributed by atoms with Gasteiger partial charge in [-0.25, -0.2) is 4.79 Å². The predicted octanol–water partition coefficient (Wildman–Crippen LogP) is 3.25. The zero-order valence-electron chi connectivity index (χ0n) is 15.8. The summed E-state index contributed by atoms with van der Waals surface area (Å²) in [4.78, 5) is 37.9. The number of fused-ring (bicyclic) bond motifs is 1. The fourth-order valence-corrected chi connectivity index (χ4v) is 3.61. The summed E-state index contributed by atoms with van der Waals surface area (Å²) in [5.74, 6) is -2.13. The lowest BCUT2D eigenvalue weighted by Crippen LogP contribution is -2.49. The van der Waals surface area contributed by atoms with Gasteiger partial charge in [-0.05, 0) is 43.2 Å². The smallest absolute Gasteiger partial charge is 0.339 e. The van der Waals surface area contributed by atoms with E-state index >= 15 is 0 Å². The van der Waals surface area contributed by atoms with Crippen molar-refractivity contribution in [3.05, 3.63) is 65.4 Å². The number of azo groups is 1. The number of carbonyl (C=O) groups is 3. The Hall–Kier alpha value is -4.01. The molecule has 0 aliphatic carbocycles. The van der Waals surface area contributed by atoms with Gasteiger partial charge in [0.2, 0.25) is 5.91 Å². The van der Waals surface area contributed by atoms with Crippen LogP contribution >= 0.6 is 0 Å². The first-order valence-electron chi connectivity index (χ1n) is 9.24. The minimum Gasteiger partial charge on any atom is -0.507 e. The third-order valence-corrected chi connectivity index (χ3v) is 5.15. The van der Waals surface area contributed by atoms with Gasteiger partial charge >= 0.3 is 5.97 Å². The molecule has 0 radical (unpaired) electrons. The van der Waals surface area contributed by atoms with Gasteiger partial charge < -0.3 is 20.4 Å². The fraction of sp³-hybridized carbons (Fsp3) is 0.190. The first-order chi connectivity index (χ1) is 14.3. The van der Waals surface area contributed by atoms with E-state index in [-0.39, 0.29) is 35.4 Å². The Morgan fingerprint density at radius 1 is 1.20 bits per heavy atom. The van der Waals surface area contributed by atoms with Crippen molar-refractivity contribution in [2.75, 3.05) is 0 Å². The number of aromatic carboxylic acids is 1. The number of phenols is 1. The van der Waals surface area contributed by atoms with Crippen LogP contribution in [0.4, 0.5) is 11.4 Å². The van der Waals surface area contributed by atoms with Crippen LogP contribution < -0.4 is 5.32 Å². The Morgan fingerprint density at radius 2 is 2.00 bits per heavy atom. The fourth-order valence-electron chi connectivity index (χ4n) is 3.61. The lowest BCUT2D eigenvalue weighted by atomic mass is 10.0. The predicted molar refractivity (Wildman–Crippen MR) is 106 cm³/mol. The molecule has 2 aliphatic heterocycles. The highest BCUT2D eigenvalue weighted by molar-refractivity contribution is 6.02. The van der Waals surface area contributed by atoms with E-state index in [0.717, 1.165) is 0 Å². The monoisotopic (exact) mass is 406 g/mol. The van der Waals surface area contributed by atoms with Gasteiger partial charge in [-0.3, -0.25) is 9.59 Å². The Bertz CT molecular complexity index is 1120. The van der Waals surface area contributed by atoms with E-state index in [1.165, 1.54) is 23.1 Å². The quantitative estimate of drug-likeness (QED) is 0.671. The molecule has 3 N–H and O–H groups in total. The average Bonchev–Trinajstić information content (AvgIpc) is 3.04. The lowest BCUT2D eigenvalue weighted by Gasteiger charge is -2.30. The summed E-state index contributed by atoms with van der Waals surface area (Å²) in [7, 11) is 0. The number of allylic oxidation sites excluding steroid dienone is 1. The summed E-state index contributed by atoms with van der Waals surface area (Å²) < 4.78 is 0. The van der Waals surface area contributed by atoms with Gasteiger partial charge in [0.1, 0.15) is 17.4 Å². The molecule has 0 spiro atoms. The third kappa shape index (κ3) is 3.41. The van der Waals surface area contributed by atoms with E-state index in [1.54, 1.807) is 18.2 Å². The summed E-state index contributed by atoms with van der Waals surface area (Å²) in [6.07, 6.45) is 1.11. The van der Waals surface area contributed by atoms with Gasteiger partial charge in [0.15, 0.2) is 0 Å². The Balaban J connectivity index is 1.61. The molecule has 2 aromatic rings. The van der Waals surface area contributed by atoms with Crippen molar-refractivity contribution >= 4 is 29.2 Å². The molecule has 0 saturated carbocycles. The SMILES string of the molecule is C=C1CCC(N2Cc3c(/N=N/c4ccc(O)c(C(=O)O)c4)cccc3C2=O)C(=O)N1. The van der Waals surface area contributed by atoms with Gasteiger partial charge in [-0.2, -0.15) is 10.2 Å². The average molecular weight is 406 g/mol. The maximum Gasteiger partial charge on any atom is 0.339 e. The second kappa shape index (κ2) is 7.43. The van der Waals surface area contributed by atoms with Crippen LogP contribution in [0.2, 0.25) is 0 Å². The molecular weight excluding hydrogens is 388 g/mol. The molecule has 1 saturated heterocycles. The largest absolute Gasteiger partial charge is 0.507 e. The van der Waals surface area contributed by atoms with Crippen molar-refractivity contribution in [2.24, 2.45) is 10.2 Å². The van der Waals surface area contributed by atoms with Gasteiger partial charge in [0.05, 0.1) is 11.4 Å². The number of aromatic hydroxyl groups is 1. The number of amides is 2. The lowest BCUT2D eigenvalue weighted by molar-refractivity contribution is -0.126. The van der Waals surface area contributed by atoms with Gasteiger partial charge in [-0.15, -0.1) is 0 Å². The zero-order chi connectivity index (χ0) is 21.4. The Kier molecular flexibility index (Phi) is 4.78. The third-order valence-electron chi connectivity index (χ3n) is 5.15. The molecule has 9 heteroatoms. The summed E-state index contributed by atoms with van der Waals surface area (Å²) in [6, 6.07) is 8.35. The topological polar surface area (TPSA) is 132 Å². The number of carboxylic acids is 1. The zero-order valence-corrected chi connectivity index (χ0v) is 15.8. The molecule has 9 nitrogen and oxygen atoms in total. The normalized spacial score (nSPS) is 18.6. The maximum atomic E-state index is 12.9. The minimum atomic E-state index is -1.28. The molecule has 2 amide bonds. The highest BCUT2D eigenvalue weighted by Gasteiger charge is 2.38. The van der Waals surface area contributed by atoms with Gasteiger partial charge in [0, 0.05) is 23.4 Å². The van der Waals surface area contributed by atoms with Crippen LogP contribution in [0.5, 0.6) is 5.75 Å². The van der Waals surface area contributed by atoms with Crippen LogP contribution in [0, 0.1) is 0 Å². The van der Waals surface area contributed by atoms with Crippen LogP contribution in [0.3, 0.4) is 0 Å². The van der Waals surface area contributed by atoms with Gasteiger partial charge in [-0.1, -0.05) is 12.6 Å². The van der Waals surface area contributed by atoms with Crippen LogP contribution in [0.1, 0.15) is 39.1 Å². The summed E-state index contributed by atoms with van der Waals surface area (Å²) >= 11 is 0. The molecule has 4 rings (SSSR count). The summed E-state index contributed by atoms with van der Waals surface area (Å²) in [5, 5.41) is 29.6. The molecule has 1 fully saturated rings. The molecule has 0 aromatic heterocycles. The second-order valence-corrected chi connectivity index (χ2v) is 7.09. The van der Waals surface area contributed by atoms with E-state index in [9.17, 15) is 19.5 Å². The Labute approximate surface area is 171 Å². The number of hydrogen-bond acceptors (Lipinski definition) is 6. The first kappa shape index (κ1) is 19.3. The van der Waals surface area contributed by atoms with Crippen molar-refractivity contribution in [2.45, 2.75) is 25.4 Å². The van der Waals surface area contributed by atoms with E-state index in [1.807, 2.05) is 0 Å². The van der Waals surface area contributed by atoms with E-state index in [0.29, 0.717) is 35.4 Å². The molecule has 152 valence electrons. The molecule has 1 atom stereocenters. The van der Waals surface area contributed by atoms with E-state index in [2.05, 4.69) is 22.1 Å². The molecule has 1 unspecified atom stereocenters. The van der Waals surface area contributed by atoms with Crippen LogP contribution in [-0.4, -0.2) is 38.9 Å². The van der Waals surface area contributed by atoms with E-state index in [4.69, 9.17) is 5.11 Å². The minimum absolute atomic E-state index is 0.226. The molecule has 0 bridgehead atoms. The highest BCUT2D eigenvalue weighted by Crippen LogP contribution is 2.35.